The van der Waals surface area contributed by atoms with Crippen LogP contribution in [0.3, 0.4) is 0 Å². The van der Waals surface area contributed by atoms with Crippen LogP contribution >= 0.6 is 0 Å². The second-order valence-corrected chi connectivity index (χ2v) is 4.76. The lowest BCUT2D eigenvalue weighted by atomic mass is 9.89. The maximum Gasteiger partial charge on any atom is 0.139 e. The Balaban J connectivity index is 1.87. The van der Waals surface area contributed by atoms with Crippen LogP contribution in [-0.2, 0) is 0 Å². The van der Waals surface area contributed by atoms with Gasteiger partial charge >= 0.3 is 0 Å². The molecule has 0 aliphatic heterocycles. The normalized spacial score (nSPS) is 18.9. The lowest BCUT2D eigenvalue weighted by molar-refractivity contribution is 0.316. The fourth-order valence-corrected chi connectivity index (χ4v) is 2.30. The molecule has 4 heteroatoms. The van der Waals surface area contributed by atoms with Gasteiger partial charge in [-0.1, -0.05) is 24.4 Å². The van der Waals surface area contributed by atoms with Gasteiger partial charge in [0.2, 0.25) is 0 Å². The molecule has 0 aromatic carbocycles. The van der Waals surface area contributed by atoms with E-state index in [9.17, 15) is 0 Å². The zero-order valence-electron chi connectivity index (χ0n) is 10.1. The van der Waals surface area contributed by atoms with E-state index in [2.05, 4.69) is 10.5 Å². The number of oxime groups is 1. The Morgan fingerprint density at radius 3 is 2.69 bits per heavy atom. The molecule has 4 N–H and O–H groups in total. The van der Waals surface area contributed by atoms with Gasteiger partial charge in [0.15, 0.2) is 0 Å². The fraction of sp³-hybridized carbons (Fsp3) is 0.917. The van der Waals surface area contributed by atoms with E-state index in [4.69, 9.17) is 10.9 Å². The number of nitrogens with one attached hydrogen (secondary N) is 1. The zero-order valence-corrected chi connectivity index (χ0v) is 10.1. The van der Waals surface area contributed by atoms with Crippen LogP contribution in [0.2, 0.25) is 0 Å². The molecule has 1 aliphatic carbocycles. The standard InChI is InChI=1S/C12H25N3O/c13-12(15-16)8-4-5-9-14-10-11-6-2-1-3-7-11/h11,14,16H,1-10H2,(H2,13,15). The average molecular weight is 227 g/mol. The number of amidine groups is 1. The average Bonchev–Trinajstić information content (AvgIpc) is 2.34. The summed E-state index contributed by atoms with van der Waals surface area (Å²) in [7, 11) is 0. The Hall–Kier alpha value is -0.770. The maximum atomic E-state index is 8.35. The van der Waals surface area contributed by atoms with E-state index < -0.39 is 0 Å². The van der Waals surface area contributed by atoms with Gasteiger partial charge in [0.05, 0.1) is 0 Å². The number of hydrogen-bond acceptors (Lipinski definition) is 3. The molecule has 0 saturated heterocycles. The molecule has 0 unspecified atom stereocenters. The Bertz CT molecular complexity index is 200. The lowest BCUT2D eigenvalue weighted by Crippen LogP contribution is -2.25. The van der Waals surface area contributed by atoms with Crippen LogP contribution in [0.1, 0.15) is 51.4 Å². The summed E-state index contributed by atoms with van der Waals surface area (Å²) in [5.74, 6) is 1.24. The van der Waals surface area contributed by atoms with Crippen molar-refractivity contribution in [3.8, 4) is 0 Å². The summed E-state index contributed by atoms with van der Waals surface area (Å²) in [4.78, 5) is 0. The van der Waals surface area contributed by atoms with E-state index in [1.165, 1.54) is 38.6 Å². The fourth-order valence-electron chi connectivity index (χ4n) is 2.30. The van der Waals surface area contributed by atoms with E-state index in [1.54, 1.807) is 0 Å². The van der Waals surface area contributed by atoms with Crippen molar-refractivity contribution in [2.75, 3.05) is 13.1 Å². The molecule has 16 heavy (non-hydrogen) atoms. The minimum atomic E-state index is 0.340. The third-order valence-corrected chi connectivity index (χ3v) is 3.32. The molecule has 0 bridgehead atoms. The first-order chi connectivity index (χ1) is 7.83. The first-order valence-corrected chi connectivity index (χ1v) is 6.50. The molecule has 0 atom stereocenters. The zero-order chi connectivity index (χ0) is 11.6. The minimum absolute atomic E-state index is 0.340. The van der Waals surface area contributed by atoms with Gasteiger partial charge in [-0.05, 0) is 44.7 Å². The molecule has 94 valence electrons. The summed E-state index contributed by atoms with van der Waals surface area (Å²) in [6.07, 6.45) is 9.84. The smallest absolute Gasteiger partial charge is 0.139 e. The van der Waals surface area contributed by atoms with Crippen LogP contribution in [0.25, 0.3) is 0 Å². The third-order valence-electron chi connectivity index (χ3n) is 3.32. The number of nitrogens with two attached hydrogens (primary N) is 1. The van der Waals surface area contributed by atoms with Crippen molar-refractivity contribution in [1.29, 1.82) is 0 Å². The van der Waals surface area contributed by atoms with E-state index in [0.29, 0.717) is 12.3 Å². The maximum absolute atomic E-state index is 8.35. The monoisotopic (exact) mass is 227 g/mol. The molecule has 0 radical (unpaired) electrons. The Kier molecular flexibility index (Phi) is 6.97. The summed E-state index contributed by atoms with van der Waals surface area (Å²) in [6, 6.07) is 0. The van der Waals surface area contributed by atoms with E-state index in [-0.39, 0.29) is 0 Å². The molecule has 0 heterocycles. The first kappa shape index (κ1) is 13.3. The topological polar surface area (TPSA) is 70.6 Å². The van der Waals surface area contributed by atoms with Crippen LogP contribution in [0.15, 0.2) is 5.16 Å². The van der Waals surface area contributed by atoms with E-state index in [1.807, 2.05) is 0 Å². The lowest BCUT2D eigenvalue weighted by Gasteiger charge is -2.21. The third kappa shape index (κ3) is 5.95. The van der Waals surface area contributed by atoms with Crippen molar-refractivity contribution < 1.29 is 5.21 Å². The highest BCUT2D eigenvalue weighted by Gasteiger charge is 2.12. The van der Waals surface area contributed by atoms with E-state index in [0.717, 1.165) is 25.3 Å². The van der Waals surface area contributed by atoms with Gasteiger partial charge in [0.1, 0.15) is 5.84 Å². The minimum Gasteiger partial charge on any atom is -0.409 e. The summed E-state index contributed by atoms with van der Waals surface area (Å²) < 4.78 is 0. The van der Waals surface area contributed by atoms with Crippen molar-refractivity contribution in [2.24, 2.45) is 16.8 Å². The molecule has 1 fully saturated rings. The molecular formula is C12H25N3O. The predicted octanol–water partition coefficient (Wildman–Crippen LogP) is 2.07. The molecule has 0 aromatic rings. The van der Waals surface area contributed by atoms with Crippen LogP contribution in [0.5, 0.6) is 0 Å². The highest BCUT2D eigenvalue weighted by molar-refractivity contribution is 5.79. The summed E-state index contributed by atoms with van der Waals surface area (Å²) >= 11 is 0. The predicted molar refractivity (Wildman–Crippen MR) is 66.7 cm³/mol. The molecular weight excluding hydrogens is 202 g/mol. The summed E-state index contributed by atoms with van der Waals surface area (Å²) in [5.41, 5.74) is 5.38. The SMILES string of the molecule is NC(CCCCNCC1CCCCC1)=NO. The highest BCUT2D eigenvalue weighted by atomic mass is 16.4. The van der Waals surface area contributed by atoms with Gasteiger partial charge in [0, 0.05) is 6.42 Å². The van der Waals surface area contributed by atoms with Gasteiger partial charge in [-0.15, -0.1) is 0 Å². The van der Waals surface area contributed by atoms with Gasteiger partial charge in [0.25, 0.3) is 0 Å². The summed E-state index contributed by atoms with van der Waals surface area (Å²) in [6.45, 7) is 2.22. The number of rotatable bonds is 7. The van der Waals surface area contributed by atoms with Crippen LogP contribution < -0.4 is 11.1 Å². The van der Waals surface area contributed by atoms with Gasteiger partial charge in [-0.2, -0.15) is 0 Å². The quantitative estimate of drug-likeness (QED) is 0.205. The molecule has 1 saturated carbocycles. The van der Waals surface area contributed by atoms with Crippen LogP contribution in [-0.4, -0.2) is 24.1 Å². The summed E-state index contributed by atoms with van der Waals surface area (Å²) in [5, 5.41) is 14.8. The molecule has 0 amide bonds. The largest absolute Gasteiger partial charge is 0.409 e. The number of nitrogens with zero attached hydrogens (tertiary/aromatic N) is 1. The Morgan fingerprint density at radius 2 is 2.00 bits per heavy atom. The van der Waals surface area contributed by atoms with E-state index >= 15 is 0 Å². The molecule has 1 rings (SSSR count). The van der Waals surface area contributed by atoms with Gasteiger partial charge in [-0.25, -0.2) is 0 Å². The molecule has 1 aliphatic rings. The number of hydrogen-bond donors (Lipinski definition) is 3. The van der Waals surface area contributed by atoms with Crippen molar-refractivity contribution in [2.45, 2.75) is 51.4 Å². The second kappa shape index (κ2) is 8.39. The Labute approximate surface area is 98.3 Å². The van der Waals surface area contributed by atoms with Crippen molar-refractivity contribution in [1.82, 2.24) is 5.32 Å². The highest BCUT2D eigenvalue weighted by Crippen LogP contribution is 2.22. The number of unbranched alkanes of at least 4 members (excludes halogenated alkanes) is 1. The van der Waals surface area contributed by atoms with Gasteiger partial charge < -0.3 is 16.3 Å². The van der Waals surface area contributed by atoms with Crippen molar-refractivity contribution >= 4 is 5.84 Å². The Morgan fingerprint density at radius 1 is 1.25 bits per heavy atom. The molecule has 0 spiro atoms. The second-order valence-electron chi connectivity index (χ2n) is 4.76. The molecule has 0 aromatic heterocycles. The van der Waals surface area contributed by atoms with Crippen LogP contribution in [0.4, 0.5) is 0 Å². The first-order valence-electron chi connectivity index (χ1n) is 6.50. The van der Waals surface area contributed by atoms with Gasteiger partial charge in [-0.3, -0.25) is 0 Å². The molecule has 4 nitrogen and oxygen atoms in total. The van der Waals surface area contributed by atoms with Crippen LogP contribution in [0, 0.1) is 5.92 Å². The van der Waals surface area contributed by atoms with Crippen molar-refractivity contribution in [3.63, 3.8) is 0 Å². The van der Waals surface area contributed by atoms with Crippen molar-refractivity contribution in [3.05, 3.63) is 0 Å².